The van der Waals surface area contributed by atoms with Crippen molar-refractivity contribution in [1.82, 2.24) is 0 Å². The van der Waals surface area contributed by atoms with E-state index in [1.807, 2.05) is 36.4 Å². The molecule has 2 aromatic carbocycles. The van der Waals surface area contributed by atoms with Gasteiger partial charge in [-0.3, -0.25) is 4.79 Å². The minimum absolute atomic E-state index is 0.664. The molecule has 2 rings (SSSR count). The van der Waals surface area contributed by atoms with E-state index in [4.69, 9.17) is 9.47 Å². The second-order valence-corrected chi connectivity index (χ2v) is 4.86. The Kier molecular flexibility index (Phi) is 4.47. The van der Waals surface area contributed by atoms with Gasteiger partial charge < -0.3 is 9.47 Å². The average Bonchev–Trinajstić information content (AvgIpc) is 2.47. The van der Waals surface area contributed by atoms with E-state index in [9.17, 15) is 4.79 Å². The summed E-state index contributed by atoms with van der Waals surface area (Å²) in [7, 11) is 3.24. The van der Waals surface area contributed by atoms with Crippen LogP contribution in [0, 0.1) is 0 Å². The summed E-state index contributed by atoms with van der Waals surface area (Å²) in [6, 6.07) is 13.0. The van der Waals surface area contributed by atoms with Gasteiger partial charge in [0.15, 0.2) is 6.29 Å². The molecule has 4 heteroatoms. The van der Waals surface area contributed by atoms with Crippen molar-refractivity contribution in [3.8, 4) is 11.5 Å². The van der Waals surface area contributed by atoms with Crippen molar-refractivity contribution in [2.75, 3.05) is 14.2 Å². The van der Waals surface area contributed by atoms with E-state index in [1.54, 1.807) is 20.3 Å². The SMILES string of the molecule is COc1ccc(OC)c(Sc2ccccc2C=O)c1. The largest absolute Gasteiger partial charge is 0.497 e. The molecule has 0 fully saturated rings. The third kappa shape index (κ3) is 3.09. The summed E-state index contributed by atoms with van der Waals surface area (Å²) in [6.45, 7) is 0. The lowest BCUT2D eigenvalue weighted by molar-refractivity contribution is 0.112. The van der Waals surface area contributed by atoms with Crippen LogP contribution in [-0.4, -0.2) is 20.5 Å². The number of methoxy groups -OCH3 is 2. The fourth-order valence-corrected chi connectivity index (χ4v) is 2.70. The van der Waals surface area contributed by atoms with Gasteiger partial charge in [-0.2, -0.15) is 0 Å². The van der Waals surface area contributed by atoms with Crippen molar-refractivity contribution >= 4 is 18.0 Å². The predicted molar refractivity (Wildman–Crippen MR) is 75.5 cm³/mol. The zero-order valence-electron chi connectivity index (χ0n) is 10.8. The molecule has 0 saturated heterocycles. The standard InChI is InChI=1S/C15H14O3S/c1-17-12-7-8-13(18-2)15(9-12)19-14-6-4-3-5-11(14)10-16/h3-10H,1-2H3. The summed E-state index contributed by atoms with van der Waals surface area (Å²) in [5.74, 6) is 1.51. The molecule has 0 bridgehead atoms. The normalized spacial score (nSPS) is 10.0. The summed E-state index contributed by atoms with van der Waals surface area (Å²) in [4.78, 5) is 12.8. The average molecular weight is 274 g/mol. The highest BCUT2D eigenvalue weighted by molar-refractivity contribution is 7.99. The molecule has 98 valence electrons. The molecule has 19 heavy (non-hydrogen) atoms. The Morgan fingerprint density at radius 3 is 2.47 bits per heavy atom. The lowest BCUT2D eigenvalue weighted by atomic mass is 10.2. The van der Waals surface area contributed by atoms with E-state index in [1.165, 1.54) is 11.8 Å². The maximum absolute atomic E-state index is 11.0. The molecule has 0 spiro atoms. The Morgan fingerprint density at radius 1 is 1.00 bits per heavy atom. The van der Waals surface area contributed by atoms with Crippen LogP contribution in [-0.2, 0) is 0 Å². The highest BCUT2D eigenvalue weighted by Gasteiger charge is 2.09. The topological polar surface area (TPSA) is 35.5 Å². The number of rotatable bonds is 5. The Bertz CT molecular complexity index is 581. The molecular weight excluding hydrogens is 260 g/mol. The van der Waals surface area contributed by atoms with Gasteiger partial charge in [0, 0.05) is 10.5 Å². The maximum atomic E-state index is 11.0. The van der Waals surface area contributed by atoms with Crippen LogP contribution in [0.3, 0.4) is 0 Å². The smallest absolute Gasteiger partial charge is 0.151 e. The van der Waals surface area contributed by atoms with Gasteiger partial charge in [-0.25, -0.2) is 0 Å². The van der Waals surface area contributed by atoms with Gasteiger partial charge >= 0.3 is 0 Å². The van der Waals surface area contributed by atoms with E-state index in [0.717, 1.165) is 27.6 Å². The first-order valence-electron chi connectivity index (χ1n) is 5.72. The van der Waals surface area contributed by atoms with Crippen molar-refractivity contribution < 1.29 is 14.3 Å². The van der Waals surface area contributed by atoms with Crippen molar-refractivity contribution in [1.29, 1.82) is 0 Å². The van der Waals surface area contributed by atoms with E-state index >= 15 is 0 Å². The Morgan fingerprint density at radius 2 is 1.79 bits per heavy atom. The Labute approximate surface area is 116 Å². The van der Waals surface area contributed by atoms with Crippen LogP contribution >= 0.6 is 11.8 Å². The number of carbonyl (C=O) groups excluding carboxylic acids is 1. The molecule has 0 aromatic heterocycles. The quantitative estimate of drug-likeness (QED) is 0.779. The zero-order chi connectivity index (χ0) is 13.7. The molecule has 2 aromatic rings. The summed E-state index contributed by atoms with van der Waals surface area (Å²) >= 11 is 1.48. The highest BCUT2D eigenvalue weighted by atomic mass is 32.2. The second kappa shape index (κ2) is 6.29. The fourth-order valence-electron chi connectivity index (χ4n) is 1.65. The van der Waals surface area contributed by atoms with Crippen LogP contribution in [0.4, 0.5) is 0 Å². The van der Waals surface area contributed by atoms with Crippen LogP contribution < -0.4 is 9.47 Å². The number of aldehydes is 1. The minimum atomic E-state index is 0.664. The van der Waals surface area contributed by atoms with Crippen LogP contribution in [0.1, 0.15) is 10.4 Å². The van der Waals surface area contributed by atoms with Crippen LogP contribution in [0.2, 0.25) is 0 Å². The first-order valence-corrected chi connectivity index (χ1v) is 6.54. The minimum Gasteiger partial charge on any atom is -0.497 e. The molecule has 0 unspecified atom stereocenters. The van der Waals surface area contributed by atoms with Crippen molar-refractivity contribution in [3.05, 3.63) is 48.0 Å². The molecule has 0 aliphatic carbocycles. The number of ether oxygens (including phenoxy) is 2. The summed E-state index contributed by atoms with van der Waals surface area (Å²) in [5.41, 5.74) is 0.664. The second-order valence-electron chi connectivity index (χ2n) is 3.77. The third-order valence-corrected chi connectivity index (χ3v) is 3.77. The molecule has 0 N–H and O–H groups in total. The summed E-state index contributed by atoms with van der Waals surface area (Å²) in [6.07, 6.45) is 0.856. The molecule has 0 radical (unpaired) electrons. The first-order chi connectivity index (χ1) is 9.28. The molecule has 0 atom stereocenters. The van der Waals surface area contributed by atoms with Gasteiger partial charge in [0.05, 0.1) is 19.1 Å². The van der Waals surface area contributed by atoms with Crippen molar-refractivity contribution in [2.45, 2.75) is 9.79 Å². The molecule has 0 saturated carbocycles. The first kappa shape index (κ1) is 13.5. The molecule has 0 aliphatic heterocycles. The predicted octanol–water partition coefficient (Wildman–Crippen LogP) is 3.67. The van der Waals surface area contributed by atoms with Crippen LogP contribution in [0.5, 0.6) is 11.5 Å². The van der Waals surface area contributed by atoms with Gasteiger partial charge in [0.25, 0.3) is 0 Å². The maximum Gasteiger partial charge on any atom is 0.151 e. The zero-order valence-corrected chi connectivity index (χ0v) is 11.6. The van der Waals surface area contributed by atoms with Gasteiger partial charge in [0.1, 0.15) is 11.5 Å². The van der Waals surface area contributed by atoms with E-state index in [2.05, 4.69) is 0 Å². The van der Waals surface area contributed by atoms with Gasteiger partial charge in [-0.15, -0.1) is 0 Å². The van der Waals surface area contributed by atoms with Crippen LogP contribution in [0.15, 0.2) is 52.3 Å². The van der Waals surface area contributed by atoms with Crippen LogP contribution in [0.25, 0.3) is 0 Å². The Balaban J connectivity index is 2.38. The number of benzene rings is 2. The highest BCUT2D eigenvalue weighted by Crippen LogP contribution is 2.38. The van der Waals surface area contributed by atoms with Gasteiger partial charge in [-0.1, -0.05) is 30.0 Å². The lowest BCUT2D eigenvalue weighted by Crippen LogP contribution is -1.90. The van der Waals surface area contributed by atoms with E-state index < -0.39 is 0 Å². The number of carbonyl (C=O) groups is 1. The van der Waals surface area contributed by atoms with Crippen molar-refractivity contribution in [2.24, 2.45) is 0 Å². The summed E-state index contributed by atoms with van der Waals surface area (Å²) < 4.78 is 10.5. The lowest BCUT2D eigenvalue weighted by Gasteiger charge is -2.10. The Hall–Kier alpha value is -1.94. The van der Waals surface area contributed by atoms with E-state index in [-0.39, 0.29) is 0 Å². The molecular formula is C15H14O3S. The fraction of sp³-hybridized carbons (Fsp3) is 0.133. The van der Waals surface area contributed by atoms with Crippen molar-refractivity contribution in [3.63, 3.8) is 0 Å². The summed E-state index contributed by atoms with van der Waals surface area (Å²) in [5, 5.41) is 0. The van der Waals surface area contributed by atoms with E-state index in [0.29, 0.717) is 5.56 Å². The molecule has 0 aliphatic rings. The third-order valence-electron chi connectivity index (χ3n) is 2.64. The molecule has 0 amide bonds. The van der Waals surface area contributed by atoms with Gasteiger partial charge in [-0.05, 0) is 24.3 Å². The van der Waals surface area contributed by atoms with Gasteiger partial charge in [0.2, 0.25) is 0 Å². The number of hydrogen-bond donors (Lipinski definition) is 0. The molecule has 0 heterocycles. The number of hydrogen-bond acceptors (Lipinski definition) is 4. The monoisotopic (exact) mass is 274 g/mol. The molecule has 3 nitrogen and oxygen atoms in total.